The minimum atomic E-state index is -0.578. The molecule has 1 unspecified atom stereocenters. The van der Waals surface area contributed by atoms with Gasteiger partial charge >= 0.3 is 0 Å². The molecule has 1 aliphatic carbocycles. The monoisotopic (exact) mass is 421 g/mol. The molecule has 31 heavy (non-hydrogen) atoms. The molecule has 1 aliphatic heterocycles. The summed E-state index contributed by atoms with van der Waals surface area (Å²) in [6.45, 7) is 1.75. The van der Waals surface area contributed by atoms with E-state index in [2.05, 4.69) is 0 Å². The lowest BCUT2D eigenvalue weighted by atomic mass is 9.77. The number of benzene rings is 2. The average Bonchev–Trinajstić information content (AvgIpc) is 2.74. The van der Waals surface area contributed by atoms with Crippen molar-refractivity contribution in [2.75, 3.05) is 4.90 Å². The maximum atomic E-state index is 13.3. The standard InChI is InChI=1S/C22H19N3O6/c1-13-8-9-16(25(30)31)11-19(13)23-18-6-3-7-20(26)22(18)17(12-21(23)27)14-4-2-5-15(10-14)24(28)29/h2,4-5,8-11,17H,3,6-7,12H2,1H3. The Balaban J connectivity index is 1.88. The molecule has 0 saturated carbocycles. The second kappa shape index (κ2) is 7.75. The topological polar surface area (TPSA) is 124 Å². The summed E-state index contributed by atoms with van der Waals surface area (Å²) in [5, 5.41) is 22.5. The second-order valence-corrected chi connectivity index (χ2v) is 7.70. The number of nitro benzene ring substituents is 2. The number of carbonyl (C=O) groups is 2. The molecule has 0 bridgehead atoms. The Morgan fingerprint density at radius 2 is 1.68 bits per heavy atom. The third kappa shape index (κ3) is 3.58. The normalized spacial score (nSPS) is 18.7. The Labute approximate surface area is 177 Å². The van der Waals surface area contributed by atoms with E-state index < -0.39 is 15.8 Å². The fourth-order valence-corrected chi connectivity index (χ4v) is 4.36. The van der Waals surface area contributed by atoms with Crippen LogP contribution >= 0.6 is 0 Å². The molecule has 1 atom stereocenters. The van der Waals surface area contributed by atoms with Crippen LogP contribution in [0.15, 0.2) is 53.7 Å². The summed E-state index contributed by atoms with van der Waals surface area (Å²) >= 11 is 0. The quantitative estimate of drug-likeness (QED) is 0.534. The van der Waals surface area contributed by atoms with Crippen LogP contribution in [0.3, 0.4) is 0 Å². The van der Waals surface area contributed by atoms with Crippen LogP contribution in [0.5, 0.6) is 0 Å². The molecule has 1 heterocycles. The van der Waals surface area contributed by atoms with E-state index >= 15 is 0 Å². The van der Waals surface area contributed by atoms with Crippen molar-refractivity contribution in [2.45, 2.75) is 38.5 Å². The Kier molecular flexibility index (Phi) is 5.10. The number of ketones is 1. The molecule has 0 spiro atoms. The maximum Gasteiger partial charge on any atom is 0.271 e. The number of carbonyl (C=O) groups excluding carboxylic acids is 2. The molecule has 4 rings (SSSR count). The maximum absolute atomic E-state index is 13.3. The SMILES string of the molecule is Cc1ccc([N+](=O)[O-])cc1N1C(=O)CC(c2cccc([N+](=O)[O-])c2)C2=C1CCCC2=O. The number of aryl methyl sites for hydroxylation is 1. The number of anilines is 1. The van der Waals surface area contributed by atoms with Crippen LogP contribution in [-0.4, -0.2) is 21.5 Å². The molecule has 0 saturated heterocycles. The van der Waals surface area contributed by atoms with Crippen molar-refractivity contribution in [1.29, 1.82) is 0 Å². The fourth-order valence-electron chi connectivity index (χ4n) is 4.36. The van der Waals surface area contributed by atoms with Gasteiger partial charge in [0.05, 0.1) is 15.5 Å². The van der Waals surface area contributed by atoms with Gasteiger partial charge in [-0.25, -0.2) is 0 Å². The predicted octanol–water partition coefficient (Wildman–Crippen LogP) is 4.34. The summed E-state index contributed by atoms with van der Waals surface area (Å²) in [6.07, 6.45) is 1.32. The van der Waals surface area contributed by atoms with Gasteiger partial charge in [0.25, 0.3) is 11.4 Å². The lowest BCUT2D eigenvalue weighted by molar-refractivity contribution is -0.385. The number of Topliss-reactive ketones (excluding diaryl/α,β-unsaturated/α-hetero) is 1. The molecule has 2 aliphatic rings. The molecule has 2 aromatic rings. The largest absolute Gasteiger partial charge is 0.294 e. The van der Waals surface area contributed by atoms with Gasteiger partial charge in [0.15, 0.2) is 5.78 Å². The Morgan fingerprint density at radius 3 is 2.39 bits per heavy atom. The van der Waals surface area contributed by atoms with E-state index in [1.807, 2.05) is 0 Å². The summed E-state index contributed by atoms with van der Waals surface area (Å²) in [7, 11) is 0. The van der Waals surface area contributed by atoms with Crippen LogP contribution in [0.25, 0.3) is 0 Å². The van der Waals surface area contributed by atoms with Gasteiger partial charge in [0.1, 0.15) is 0 Å². The lowest BCUT2D eigenvalue weighted by Crippen LogP contribution is -2.41. The Hall–Kier alpha value is -3.88. The molecule has 2 aromatic carbocycles. The lowest BCUT2D eigenvalue weighted by Gasteiger charge is -2.38. The van der Waals surface area contributed by atoms with E-state index in [-0.39, 0.29) is 29.5 Å². The van der Waals surface area contributed by atoms with Crippen molar-refractivity contribution >= 4 is 28.8 Å². The smallest absolute Gasteiger partial charge is 0.271 e. The van der Waals surface area contributed by atoms with Gasteiger partial charge in [-0.15, -0.1) is 0 Å². The molecular formula is C22H19N3O6. The van der Waals surface area contributed by atoms with Crippen molar-refractivity contribution in [3.8, 4) is 0 Å². The van der Waals surface area contributed by atoms with Crippen LogP contribution in [0.2, 0.25) is 0 Å². The molecule has 0 radical (unpaired) electrons. The highest BCUT2D eigenvalue weighted by atomic mass is 16.6. The first-order chi connectivity index (χ1) is 14.8. The summed E-state index contributed by atoms with van der Waals surface area (Å²) < 4.78 is 0. The number of non-ortho nitro benzene ring substituents is 2. The number of rotatable bonds is 4. The number of nitrogens with zero attached hydrogens (tertiary/aromatic N) is 3. The molecule has 9 nitrogen and oxygen atoms in total. The molecule has 9 heteroatoms. The molecule has 0 fully saturated rings. The first kappa shape index (κ1) is 20.4. The zero-order chi connectivity index (χ0) is 22.3. The molecule has 1 amide bonds. The van der Waals surface area contributed by atoms with Crippen molar-refractivity contribution in [2.24, 2.45) is 0 Å². The van der Waals surface area contributed by atoms with Gasteiger partial charge in [-0.1, -0.05) is 18.2 Å². The van der Waals surface area contributed by atoms with Crippen molar-refractivity contribution < 1.29 is 19.4 Å². The van der Waals surface area contributed by atoms with Crippen LogP contribution in [0.4, 0.5) is 17.1 Å². The van der Waals surface area contributed by atoms with E-state index in [4.69, 9.17) is 0 Å². The molecule has 0 aromatic heterocycles. The van der Waals surface area contributed by atoms with Gasteiger partial charge in [0.2, 0.25) is 5.91 Å². The molecular weight excluding hydrogens is 402 g/mol. The summed E-state index contributed by atoms with van der Waals surface area (Å²) in [5.41, 5.74) is 2.37. The van der Waals surface area contributed by atoms with Crippen LogP contribution < -0.4 is 4.90 Å². The summed E-state index contributed by atoms with van der Waals surface area (Å²) in [6, 6.07) is 10.3. The minimum Gasteiger partial charge on any atom is -0.294 e. The third-order valence-electron chi connectivity index (χ3n) is 5.80. The average molecular weight is 421 g/mol. The predicted molar refractivity (Wildman–Crippen MR) is 112 cm³/mol. The van der Waals surface area contributed by atoms with Crippen LogP contribution in [-0.2, 0) is 9.59 Å². The Morgan fingerprint density at radius 1 is 0.968 bits per heavy atom. The highest BCUT2D eigenvalue weighted by Crippen LogP contribution is 2.44. The summed E-state index contributed by atoms with van der Waals surface area (Å²) in [5.74, 6) is -0.975. The first-order valence-electron chi connectivity index (χ1n) is 9.86. The highest BCUT2D eigenvalue weighted by molar-refractivity contribution is 6.07. The van der Waals surface area contributed by atoms with Crippen molar-refractivity contribution in [1.82, 2.24) is 0 Å². The number of amides is 1. The fraction of sp³-hybridized carbons (Fsp3) is 0.273. The first-order valence-corrected chi connectivity index (χ1v) is 9.86. The van der Waals surface area contributed by atoms with Crippen LogP contribution in [0.1, 0.15) is 42.7 Å². The Bertz CT molecular complexity index is 1170. The van der Waals surface area contributed by atoms with Gasteiger partial charge in [-0.2, -0.15) is 0 Å². The number of hydrogen-bond acceptors (Lipinski definition) is 6. The van der Waals surface area contributed by atoms with Gasteiger partial charge in [-0.3, -0.25) is 34.7 Å². The van der Waals surface area contributed by atoms with E-state index in [1.54, 1.807) is 25.1 Å². The zero-order valence-electron chi connectivity index (χ0n) is 16.7. The van der Waals surface area contributed by atoms with Crippen molar-refractivity contribution in [3.05, 3.63) is 85.1 Å². The third-order valence-corrected chi connectivity index (χ3v) is 5.80. The molecule has 0 N–H and O–H groups in total. The minimum absolute atomic E-state index is 0.0477. The summed E-state index contributed by atoms with van der Waals surface area (Å²) in [4.78, 5) is 49.1. The number of nitro groups is 2. The van der Waals surface area contributed by atoms with E-state index in [0.29, 0.717) is 47.3 Å². The van der Waals surface area contributed by atoms with Gasteiger partial charge < -0.3 is 0 Å². The van der Waals surface area contributed by atoms with Gasteiger partial charge in [0, 0.05) is 54.3 Å². The number of hydrogen-bond donors (Lipinski definition) is 0. The number of allylic oxidation sites excluding steroid dienone is 2. The molecule has 158 valence electrons. The highest BCUT2D eigenvalue weighted by Gasteiger charge is 2.40. The zero-order valence-corrected chi connectivity index (χ0v) is 16.7. The van der Waals surface area contributed by atoms with Gasteiger partial charge in [-0.05, 0) is 30.9 Å². The van der Waals surface area contributed by atoms with E-state index in [9.17, 15) is 29.8 Å². The van der Waals surface area contributed by atoms with E-state index in [1.165, 1.54) is 29.2 Å². The van der Waals surface area contributed by atoms with Crippen LogP contribution in [0, 0.1) is 27.2 Å². The van der Waals surface area contributed by atoms with E-state index in [0.717, 1.165) is 0 Å². The second-order valence-electron chi connectivity index (χ2n) is 7.70. The van der Waals surface area contributed by atoms with Crippen molar-refractivity contribution in [3.63, 3.8) is 0 Å².